The van der Waals surface area contributed by atoms with Gasteiger partial charge in [-0.05, 0) is 50.3 Å². The van der Waals surface area contributed by atoms with E-state index in [4.69, 9.17) is 0 Å². The molecule has 0 fully saturated rings. The highest BCUT2D eigenvalue weighted by Gasteiger charge is 2.08. The molecule has 1 nitrogen and oxygen atoms in total. The van der Waals surface area contributed by atoms with E-state index < -0.39 is 0 Å². The summed E-state index contributed by atoms with van der Waals surface area (Å²) >= 11 is 0. The Labute approximate surface area is 86.8 Å². The summed E-state index contributed by atoms with van der Waals surface area (Å²) in [7, 11) is 0. The Balaban J connectivity index is 2.96. The van der Waals surface area contributed by atoms with Crippen LogP contribution in [0.2, 0.25) is 0 Å². The van der Waals surface area contributed by atoms with Gasteiger partial charge in [-0.1, -0.05) is 24.6 Å². The second-order valence-electron chi connectivity index (χ2n) is 4.14. The Morgan fingerprint density at radius 3 is 2.07 bits per heavy atom. The molecule has 14 heavy (non-hydrogen) atoms. The molecule has 0 aliphatic carbocycles. The van der Waals surface area contributed by atoms with Crippen LogP contribution in [-0.2, 0) is 6.42 Å². The van der Waals surface area contributed by atoms with E-state index >= 15 is 0 Å². The standard InChI is InChI=1S/C13H20O/c1-5-12(14)8-13-10(3)6-9(2)7-11(13)4/h6-7,12,14H,5,8H2,1-4H3/t12-/m1/s1. The van der Waals surface area contributed by atoms with Gasteiger partial charge < -0.3 is 5.11 Å². The second kappa shape index (κ2) is 4.61. The fourth-order valence-electron chi connectivity index (χ4n) is 1.91. The number of hydrogen-bond donors (Lipinski definition) is 1. The van der Waals surface area contributed by atoms with Crippen LogP contribution in [0, 0.1) is 20.8 Å². The minimum Gasteiger partial charge on any atom is -0.393 e. The van der Waals surface area contributed by atoms with E-state index in [1.54, 1.807) is 0 Å². The molecule has 0 bridgehead atoms. The number of aliphatic hydroxyl groups is 1. The van der Waals surface area contributed by atoms with Crippen LogP contribution in [0.4, 0.5) is 0 Å². The smallest absolute Gasteiger partial charge is 0.0578 e. The zero-order valence-electron chi connectivity index (χ0n) is 9.59. The number of benzene rings is 1. The number of hydrogen-bond acceptors (Lipinski definition) is 1. The van der Waals surface area contributed by atoms with E-state index in [-0.39, 0.29) is 6.10 Å². The van der Waals surface area contributed by atoms with Gasteiger partial charge in [0.05, 0.1) is 6.10 Å². The molecule has 0 aromatic heterocycles. The number of aliphatic hydroxyl groups excluding tert-OH is 1. The highest BCUT2D eigenvalue weighted by molar-refractivity contribution is 5.37. The Morgan fingerprint density at radius 2 is 1.64 bits per heavy atom. The number of rotatable bonds is 3. The molecule has 0 heterocycles. The second-order valence-corrected chi connectivity index (χ2v) is 4.14. The van der Waals surface area contributed by atoms with Crippen LogP contribution >= 0.6 is 0 Å². The van der Waals surface area contributed by atoms with E-state index in [1.807, 2.05) is 6.92 Å². The van der Waals surface area contributed by atoms with Gasteiger partial charge in [-0.3, -0.25) is 0 Å². The van der Waals surface area contributed by atoms with Gasteiger partial charge >= 0.3 is 0 Å². The topological polar surface area (TPSA) is 20.2 Å². The molecule has 1 aromatic carbocycles. The van der Waals surface area contributed by atoms with Crippen LogP contribution in [-0.4, -0.2) is 11.2 Å². The fraction of sp³-hybridized carbons (Fsp3) is 0.538. The first kappa shape index (κ1) is 11.3. The van der Waals surface area contributed by atoms with Crippen molar-refractivity contribution >= 4 is 0 Å². The lowest BCUT2D eigenvalue weighted by Gasteiger charge is -2.14. The van der Waals surface area contributed by atoms with E-state index in [0.29, 0.717) is 0 Å². The first-order valence-corrected chi connectivity index (χ1v) is 5.29. The van der Waals surface area contributed by atoms with Crippen molar-refractivity contribution in [3.8, 4) is 0 Å². The maximum Gasteiger partial charge on any atom is 0.0578 e. The molecule has 1 rings (SSSR count). The highest BCUT2D eigenvalue weighted by atomic mass is 16.3. The van der Waals surface area contributed by atoms with Gasteiger partial charge in [0.1, 0.15) is 0 Å². The van der Waals surface area contributed by atoms with E-state index in [0.717, 1.165) is 12.8 Å². The van der Waals surface area contributed by atoms with Crippen molar-refractivity contribution in [3.63, 3.8) is 0 Å². The summed E-state index contributed by atoms with van der Waals surface area (Å²) in [5.74, 6) is 0. The van der Waals surface area contributed by atoms with Crippen LogP contribution in [0.3, 0.4) is 0 Å². The summed E-state index contributed by atoms with van der Waals surface area (Å²) in [5, 5.41) is 9.63. The maximum absolute atomic E-state index is 9.63. The third kappa shape index (κ3) is 2.58. The molecular formula is C13H20O. The summed E-state index contributed by atoms with van der Waals surface area (Å²) in [5.41, 5.74) is 5.21. The summed E-state index contributed by atoms with van der Waals surface area (Å²) in [6.07, 6.45) is 1.41. The van der Waals surface area contributed by atoms with Gasteiger partial charge in [-0.25, -0.2) is 0 Å². The van der Waals surface area contributed by atoms with Crippen LogP contribution < -0.4 is 0 Å². The molecule has 1 heteroatoms. The monoisotopic (exact) mass is 192 g/mol. The predicted molar refractivity (Wildman–Crippen MR) is 60.7 cm³/mol. The van der Waals surface area contributed by atoms with Crippen molar-refractivity contribution in [2.45, 2.75) is 46.6 Å². The Kier molecular flexibility index (Phi) is 3.70. The van der Waals surface area contributed by atoms with Crippen molar-refractivity contribution in [2.24, 2.45) is 0 Å². The van der Waals surface area contributed by atoms with Crippen LogP contribution in [0.25, 0.3) is 0 Å². The van der Waals surface area contributed by atoms with Gasteiger partial charge in [-0.15, -0.1) is 0 Å². The van der Waals surface area contributed by atoms with Crippen molar-refractivity contribution in [3.05, 3.63) is 34.4 Å². The van der Waals surface area contributed by atoms with Gasteiger partial charge in [-0.2, -0.15) is 0 Å². The maximum atomic E-state index is 9.63. The van der Waals surface area contributed by atoms with Crippen LogP contribution in [0.5, 0.6) is 0 Å². The van der Waals surface area contributed by atoms with Gasteiger partial charge in [0.15, 0.2) is 0 Å². The molecular weight excluding hydrogens is 172 g/mol. The molecule has 0 saturated carbocycles. The molecule has 78 valence electrons. The summed E-state index contributed by atoms with van der Waals surface area (Å²) < 4.78 is 0. The summed E-state index contributed by atoms with van der Waals surface area (Å²) in [6.45, 7) is 8.37. The molecule has 1 N–H and O–H groups in total. The third-order valence-corrected chi connectivity index (χ3v) is 2.75. The molecule has 0 amide bonds. The zero-order valence-corrected chi connectivity index (χ0v) is 9.59. The van der Waals surface area contributed by atoms with Crippen molar-refractivity contribution in [1.29, 1.82) is 0 Å². The highest BCUT2D eigenvalue weighted by Crippen LogP contribution is 2.18. The minimum atomic E-state index is -0.199. The summed E-state index contributed by atoms with van der Waals surface area (Å²) in [6, 6.07) is 4.37. The molecule has 0 unspecified atom stereocenters. The molecule has 0 aliphatic heterocycles. The molecule has 1 aromatic rings. The normalized spacial score (nSPS) is 12.9. The van der Waals surface area contributed by atoms with Crippen molar-refractivity contribution in [2.75, 3.05) is 0 Å². The van der Waals surface area contributed by atoms with Gasteiger partial charge in [0.2, 0.25) is 0 Å². The lowest BCUT2D eigenvalue weighted by molar-refractivity contribution is 0.170. The lowest BCUT2D eigenvalue weighted by atomic mass is 9.95. The minimum absolute atomic E-state index is 0.199. The van der Waals surface area contributed by atoms with Crippen LogP contribution in [0.1, 0.15) is 35.6 Å². The molecule has 0 spiro atoms. The molecule has 0 aliphatic rings. The van der Waals surface area contributed by atoms with E-state index in [1.165, 1.54) is 22.3 Å². The van der Waals surface area contributed by atoms with Crippen LogP contribution in [0.15, 0.2) is 12.1 Å². The van der Waals surface area contributed by atoms with Gasteiger partial charge in [0, 0.05) is 0 Å². The summed E-state index contributed by atoms with van der Waals surface area (Å²) in [4.78, 5) is 0. The molecule has 0 saturated heterocycles. The Morgan fingerprint density at radius 1 is 1.14 bits per heavy atom. The van der Waals surface area contributed by atoms with Gasteiger partial charge in [0.25, 0.3) is 0 Å². The average molecular weight is 192 g/mol. The quantitative estimate of drug-likeness (QED) is 0.780. The fourth-order valence-corrected chi connectivity index (χ4v) is 1.91. The lowest BCUT2D eigenvalue weighted by Crippen LogP contribution is -2.10. The molecule has 1 atom stereocenters. The predicted octanol–water partition coefficient (Wildman–Crippen LogP) is 2.93. The van der Waals surface area contributed by atoms with E-state index in [9.17, 15) is 5.11 Å². The van der Waals surface area contributed by atoms with Crippen molar-refractivity contribution in [1.82, 2.24) is 0 Å². The molecule has 0 radical (unpaired) electrons. The average Bonchev–Trinajstić information content (AvgIpc) is 2.10. The number of aryl methyl sites for hydroxylation is 3. The SMILES string of the molecule is CC[C@@H](O)Cc1c(C)cc(C)cc1C. The largest absolute Gasteiger partial charge is 0.393 e. The Hall–Kier alpha value is -0.820. The first-order chi connectivity index (χ1) is 6.54. The first-order valence-electron chi connectivity index (χ1n) is 5.29. The van der Waals surface area contributed by atoms with E-state index in [2.05, 4.69) is 32.9 Å². The Bertz CT molecular complexity index is 292. The zero-order chi connectivity index (χ0) is 10.7. The van der Waals surface area contributed by atoms with Crippen molar-refractivity contribution < 1.29 is 5.11 Å². The third-order valence-electron chi connectivity index (χ3n) is 2.75.